The van der Waals surface area contributed by atoms with Crippen molar-refractivity contribution in [2.75, 3.05) is 45.2 Å². The molecule has 0 radical (unpaired) electrons. The summed E-state index contributed by atoms with van der Waals surface area (Å²) in [6, 6.07) is 0. The fraction of sp³-hybridized carbons (Fsp3) is 0.706. The molecule has 1 spiro atoms. The van der Waals surface area contributed by atoms with Gasteiger partial charge in [-0.05, 0) is 44.7 Å². The largest absolute Gasteiger partial charge is 0.348 e. The summed E-state index contributed by atoms with van der Waals surface area (Å²) >= 11 is 0. The Balaban J connectivity index is 1.75. The number of aryl methyl sites for hydroxylation is 1. The number of likely N-dealkylation sites (tertiary alicyclic amines) is 1. The highest BCUT2D eigenvalue weighted by atomic mass is 16.2. The Hall–Kier alpha value is -1.69. The third-order valence-corrected chi connectivity index (χ3v) is 5.17. The molecular formula is C17H27N5O. The van der Waals surface area contributed by atoms with Crippen molar-refractivity contribution in [3.63, 3.8) is 0 Å². The first-order chi connectivity index (χ1) is 11.0. The number of anilines is 1. The Kier molecular flexibility index (Phi) is 4.53. The molecule has 0 aliphatic carbocycles. The number of likely N-dealkylation sites (N-methyl/N-ethyl adjacent to an activating group) is 1. The van der Waals surface area contributed by atoms with Gasteiger partial charge in [-0.25, -0.2) is 9.97 Å². The maximum atomic E-state index is 12.2. The molecule has 1 amide bonds. The second kappa shape index (κ2) is 6.43. The first-order valence-corrected chi connectivity index (χ1v) is 8.49. The van der Waals surface area contributed by atoms with Gasteiger partial charge < -0.3 is 9.80 Å². The van der Waals surface area contributed by atoms with Crippen LogP contribution in [0.1, 0.15) is 31.2 Å². The van der Waals surface area contributed by atoms with E-state index in [1.54, 1.807) is 4.90 Å². The fourth-order valence-corrected chi connectivity index (χ4v) is 3.84. The van der Waals surface area contributed by atoms with Crippen molar-refractivity contribution in [1.82, 2.24) is 19.8 Å². The van der Waals surface area contributed by atoms with Crippen LogP contribution in [0, 0.1) is 6.92 Å². The minimum absolute atomic E-state index is 0.109. The lowest BCUT2D eigenvalue weighted by atomic mass is 9.86. The zero-order valence-corrected chi connectivity index (χ0v) is 14.5. The summed E-state index contributed by atoms with van der Waals surface area (Å²) in [5.74, 6) is 1.01. The normalized spacial score (nSPS) is 25.1. The van der Waals surface area contributed by atoms with Gasteiger partial charge in [-0.2, -0.15) is 0 Å². The molecule has 0 N–H and O–H groups in total. The van der Waals surface area contributed by atoms with Gasteiger partial charge in [-0.3, -0.25) is 9.69 Å². The minimum atomic E-state index is 0.109. The molecule has 126 valence electrons. The van der Waals surface area contributed by atoms with Gasteiger partial charge in [0.1, 0.15) is 0 Å². The van der Waals surface area contributed by atoms with Gasteiger partial charge in [0.2, 0.25) is 11.9 Å². The van der Waals surface area contributed by atoms with E-state index in [0.717, 1.165) is 50.4 Å². The summed E-state index contributed by atoms with van der Waals surface area (Å²) < 4.78 is 0. The number of amides is 1. The van der Waals surface area contributed by atoms with Crippen molar-refractivity contribution in [2.45, 2.75) is 38.1 Å². The molecule has 2 aliphatic heterocycles. The fourth-order valence-electron chi connectivity index (χ4n) is 3.84. The Morgan fingerprint density at radius 3 is 2.52 bits per heavy atom. The second-order valence-corrected chi connectivity index (χ2v) is 7.12. The summed E-state index contributed by atoms with van der Waals surface area (Å²) in [4.78, 5) is 27.5. The van der Waals surface area contributed by atoms with Crippen molar-refractivity contribution in [2.24, 2.45) is 0 Å². The predicted octanol–water partition coefficient (Wildman–Crippen LogP) is 1.31. The molecule has 1 aromatic rings. The van der Waals surface area contributed by atoms with Crippen LogP contribution in [0.15, 0.2) is 12.4 Å². The van der Waals surface area contributed by atoms with Crippen LogP contribution in [0.3, 0.4) is 0 Å². The molecule has 6 heteroatoms. The standard InChI is InChI=1S/C17H27N5O/c1-14-10-18-16(19-11-14)21-8-4-6-17(13-21)7-5-9-22(17)12-15(23)20(2)3/h10-11H,4-9,12-13H2,1-3H3/t17-/m0/s1. The lowest BCUT2D eigenvalue weighted by molar-refractivity contribution is -0.131. The van der Waals surface area contributed by atoms with Crippen LogP contribution in [0.25, 0.3) is 0 Å². The molecule has 0 aromatic carbocycles. The van der Waals surface area contributed by atoms with Crippen molar-refractivity contribution >= 4 is 11.9 Å². The third-order valence-electron chi connectivity index (χ3n) is 5.17. The van der Waals surface area contributed by atoms with Crippen LogP contribution in [0.2, 0.25) is 0 Å². The summed E-state index contributed by atoms with van der Waals surface area (Å²) in [5, 5.41) is 0. The van der Waals surface area contributed by atoms with E-state index in [1.807, 2.05) is 33.4 Å². The Labute approximate surface area is 138 Å². The van der Waals surface area contributed by atoms with Crippen molar-refractivity contribution in [3.8, 4) is 0 Å². The SMILES string of the molecule is Cc1cnc(N2CCC[C@]3(CCCN3CC(=O)N(C)C)C2)nc1. The summed E-state index contributed by atoms with van der Waals surface area (Å²) in [6.45, 7) is 5.47. The number of nitrogens with zero attached hydrogens (tertiary/aromatic N) is 5. The van der Waals surface area contributed by atoms with Crippen molar-refractivity contribution < 1.29 is 4.79 Å². The van der Waals surface area contributed by atoms with E-state index in [0.29, 0.717) is 6.54 Å². The smallest absolute Gasteiger partial charge is 0.236 e. The number of hydrogen-bond acceptors (Lipinski definition) is 5. The minimum Gasteiger partial charge on any atom is -0.348 e. The first-order valence-electron chi connectivity index (χ1n) is 8.49. The van der Waals surface area contributed by atoms with E-state index in [9.17, 15) is 4.79 Å². The van der Waals surface area contributed by atoms with Gasteiger partial charge >= 0.3 is 0 Å². The average Bonchev–Trinajstić information content (AvgIpc) is 2.90. The van der Waals surface area contributed by atoms with E-state index in [4.69, 9.17) is 0 Å². The van der Waals surface area contributed by atoms with E-state index in [1.165, 1.54) is 6.42 Å². The van der Waals surface area contributed by atoms with Crippen molar-refractivity contribution in [3.05, 3.63) is 18.0 Å². The number of carbonyl (C=O) groups is 1. The number of carbonyl (C=O) groups excluding carboxylic acids is 1. The number of hydrogen-bond donors (Lipinski definition) is 0. The van der Waals surface area contributed by atoms with Gasteiger partial charge in [-0.1, -0.05) is 0 Å². The molecule has 6 nitrogen and oxygen atoms in total. The number of aromatic nitrogens is 2. The molecule has 1 atom stereocenters. The Morgan fingerprint density at radius 2 is 1.87 bits per heavy atom. The lowest BCUT2D eigenvalue weighted by Crippen LogP contribution is -2.57. The highest BCUT2D eigenvalue weighted by molar-refractivity contribution is 5.77. The first kappa shape index (κ1) is 16.2. The number of rotatable bonds is 3. The maximum Gasteiger partial charge on any atom is 0.236 e. The van der Waals surface area contributed by atoms with Crippen LogP contribution >= 0.6 is 0 Å². The molecule has 2 fully saturated rings. The molecule has 0 unspecified atom stereocenters. The molecule has 1 aromatic heterocycles. The van der Waals surface area contributed by atoms with Crippen LogP contribution in [0.5, 0.6) is 0 Å². The molecule has 2 aliphatic rings. The van der Waals surface area contributed by atoms with Crippen molar-refractivity contribution in [1.29, 1.82) is 0 Å². The molecular weight excluding hydrogens is 290 g/mol. The van der Waals surface area contributed by atoms with E-state index in [2.05, 4.69) is 19.8 Å². The van der Waals surface area contributed by atoms with E-state index < -0.39 is 0 Å². The van der Waals surface area contributed by atoms with Crippen LogP contribution in [0.4, 0.5) is 5.95 Å². The highest BCUT2D eigenvalue weighted by Gasteiger charge is 2.45. The molecule has 0 bridgehead atoms. The quantitative estimate of drug-likeness (QED) is 0.841. The molecule has 2 saturated heterocycles. The van der Waals surface area contributed by atoms with Gasteiger partial charge in [0.15, 0.2) is 0 Å². The molecule has 3 rings (SSSR count). The Morgan fingerprint density at radius 1 is 1.22 bits per heavy atom. The van der Waals surface area contributed by atoms with Gasteiger partial charge in [0.05, 0.1) is 6.54 Å². The predicted molar refractivity (Wildman–Crippen MR) is 90.4 cm³/mol. The monoisotopic (exact) mass is 317 g/mol. The zero-order valence-electron chi connectivity index (χ0n) is 14.5. The van der Waals surface area contributed by atoms with Gasteiger partial charge in [0, 0.05) is 45.1 Å². The Bertz CT molecular complexity index is 559. The van der Waals surface area contributed by atoms with Gasteiger partial charge in [-0.15, -0.1) is 0 Å². The second-order valence-electron chi connectivity index (χ2n) is 7.12. The average molecular weight is 317 g/mol. The summed E-state index contributed by atoms with van der Waals surface area (Å²) in [6.07, 6.45) is 8.39. The maximum absolute atomic E-state index is 12.2. The van der Waals surface area contributed by atoms with Gasteiger partial charge in [0.25, 0.3) is 0 Å². The number of piperidine rings is 1. The molecule has 23 heavy (non-hydrogen) atoms. The van der Waals surface area contributed by atoms with Crippen LogP contribution < -0.4 is 4.90 Å². The molecule has 0 saturated carbocycles. The zero-order chi connectivity index (χ0) is 16.4. The molecule has 3 heterocycles. The topological polar surface area (TPSA) is 52.6 Å². The van der Waals surface area contributed by atoms with E-state index >= 15 is 0 Å². The van der Waals surface area contributed by atoms with Crippen LogP contribution in [-0.4, -0.2) is 71.5 Å². The third kappa shape index (κ3) is 3.32. The summed E-state index contributed by atoms with van der Waals surface area (Å²) in [5.41, 5.74) is 1.19. The van der Waals surface area contributed by atoms with E-state index in [-0.39, 0.29) is 11.4 Å². The van der Waals surface area contributed by atoms with Crippen LogP contribution in [-0.2, 0) is 4.79 Å². The summed E-state index contributed by atoms with van der Waals surface area (Å²) in [7, 11) is 3.66. The lowest BCUT2D eigenvalue weighted by Gasteiger charge is -2.46. The highest BCUT2D eigenvalue weighted by Crippen LogP contribution is 2.37.